The zero-order chi connectivity index (χ0) is 26.0. The monoisotopic (exact) mass is 527 g/mol. The molecule has 1 aromatic heterocycles. The maximum Gasteiger partial charge on any atom is 0.337 e. The van der Waals surface area contributed by atoms with Crippen LogP contribution in [-0.2, 0) is 17.0 Å². The molecule has 0 saturated heterocycles. The van der Waals surface area contributed by atoms with Gasteiger partial charge in [-0.2, -0.15) is 0 Å². The van der Waals surface area contributed by atoms with Crippen LogP contribution in [0.25, 0.3) is 0 Å². The summed E-state index contributed by atoms with van der Waals surface area (Å²) in [7, 11) is 0. The Morgan fingerprint density at radius 2 is 1.70 bits per heavy atom. The van der Waals surface area contributed by atoms with Crippen LogP contribution in [0, 0.1) is 23.5 Å². The number of carboxylic acids is 1. The first kappa shape index (κ1) is 25.4. The molecule has 1 atom stereocenters. The van der Waals surface area contributed by atoms with Gasteiger partial charge in [-0.3, -0.25) is 4.98 Å². The lowest BCUT2D eigenvalue weighted by Crippen LogP contribution is -2.51. The van der Waals surface area contributed by atoms with Crippen molar-refractivity contribution in [3.8, 4) is 0 Å². The van der Waals surface area contributed by atoms with Gasteiger partial charge in [-0.15, -0.1) is 0 Å². The fourth-order valence-electron chi connectivity index (χ4n) is 5.54. The number of benzene rings is 2. The smallest absolute Gasteiger partial charge is 0.337 e. The minimum absolute atomic E-state index is 0.106. The lowest BCUT2D eigenvalue weighted by atomic mass is 9.72. The molecule has 6 nitrogen and oxygen atoms in total. The summed E-state index contributed by atoms with van der Waals surface area (Å²) < 4.78 is 34.6. The van der Waals surface area contributed by atoms with Gasteiger partial charge in [-0.1, -0.05) is 43.0 Å². The molecule has 0 radical (unpaired) electrons. The Morgan fingerprint density at radius 1 is 1.05 bits per heavy atom. The summed E-state index contributed by atoms with van der Waals surface area (Å²) in [6, 6.07) is 13.0. The van der Waals surface area contributed by atoms with E-state index in [-0.39, 0.29) is 24.0 Å². The quantitative estimate of drug-likeness (QED) is 0.298. The van der Waals surface area contributed by atoms with Gasteiger partial charge in [0.2, 0.25) is 0 Å². The van der Waals surface area contributed by atoms with Gasteiger partial charge in [0.25, 0.3) is 0 Å². The van der Waals surface area contributed by atoms with Crippen LogP contribution in [0.3, 0.4) is 0 Å². The normalized spacial score (nSPS) is 17.5. The van der Waals surface area contributed by atoms with Crippen molar-refractivity contribution in [2.45, 2.75) is 44.4 Å². The number of hydrogen-bond donors (Lipinski definition) is 3. The van der Waals surface area contributed by atoms with Crippen molar-refractivity contribution < 1.29 is 23.4 Å². The van der Waals surface area contributed by atoms with E-state index in [0.29, 0.717) is 28.7 Å². The molecule has 2 aliphatic rings. The Labute approximate surface area is 219 Å². The van der Waals surface area contributed by atoms with Gasteiger partial charge in [0.1, 0.15) is 5.66 Å². The number of aromatic carboxylic acids is 1. The van der Waals surface area contributed by atoms with Crippen molar-refractivity contribution in [1.29, 1.82) is 0 Å². The van der Waals surface area contributed by atoms with E-state index in [1.165, 1.54) is 30.8 Å². The van der Waals surface area contributed by atoms with Crippen molar-refractivity contribution in [3.05, 3.63) is 88.2 Å². The summed E-state index contributed by atoms with van der Waals surface area (Å²) in [6.07, 6.45) is 6.72. The number of aromatic nitrogens is 1. The molecular formula is C28H28ClF2N3O3. The van der Waals surface area contributed by atoms with Crippen LogP contribution in [0.1, 0.15) is 53.7 Å². The molecule has 2 heterocycles. The van der Waals surface area contributed by atoms with Crippen molar-refractivity contribution >= 4 is 28.9 Å². The first-order chi connectivity index (χ1) is 17.9. The first-order valence-corrected chi connectivity index (χ1v) is 12.8. The van der Waals surface area contributed by atoms with Crippen molar-refractivity contribution in [1.82, 2.24) is 4.98 Å². The first-order valence-electron chi connectivity index (χ1n) is 12.4. The largest absolute Gasteiger partial charge is 0.478 e. The Bertz CT molecular complexity index is 1230. The van der Waals surface area contributed by atoms with E-state index in [1.54, 1.807) is 18.2 Å². The van der Waals surface area contributed by atoms with Gasteiger partial charge in [0.05, 0.1) is 35.8 Å². The average molecular weight is 528 g/mol. The molecule has 37 heavy (non-hydrogen) atoms. The Balaban J connectivity index is 1.47. The van der Waals surface area contributed by atoms with Crippen LogP contribution in [-0.4, -0.2) is 22.7 Å². The third kappa shape index (κ3) is 5.26. The highest BCUT2D eigenvalue weighted by Gasteiger charge is 2.48. The number of pyridine rings is 1. The van der Waals surface area contributed by atoms with E-state index in [2.05, 4.69) is 15.6 Å². The minimum Gasteiger partial charge on any atom is -0.478 e. The topological polar surface area (TPSA) is 83.5 Å². The SMILES string of the molecule is O=C(O)c1ccc(COCC(C2CCCCC2)C2(c3ccc(Cl)cc3)Nc3cc(F)c(F)cc3N2)nc1. The summed E-state index contributed by atoms with van der Waals surface area (Å²) in [4.78, 5) is 15.3. The Kier molecular flexibility index (Phi) is 7.31. The zero-order valence-electron chi connectivity index (χ0n) is 20.1. The summed E-state index contributed by atoms with van der Waals surface area (Å²) in [5.74, 6) is -2.68. The summed E-state index contributed by atoms with van der Waals surface area (Å²) in [6.45, 7) is 0.546. The minimum atomic E-state index is -1.03. The van der Waals surface area contributed by atoms with Gasteiger partial charge in [-0.25, -0.2) is 13.6 Å². The maximum atomic E-state index is 14.2. The Hall–Kier alpha value is -3.23. The molecule has 1 fully saturated rings. The third-order valence-electron chi connectivity index (χ3n) is 7.42. The van der Waals surface area contributed by atoms with Crippen LogP contribution in [0.15, 0.2) is 54.7 Å². The molecule has 194 valence electrons. The van der Waals surface area contributed by atoms with Gasteiger partial charge in [0.15, 0.2) is 11.6 Å². The summed E-state index contributed by atoms with van der Waals surface area (Å²) in [5.41, 5.74) is 1.71. The third-order valence-corrected chi connectivity index (χ3v) is 7.67. The molecular weight excluding hydrogens is 500 g/mol. The van der Waals surface area contributed by atoms with E-state index < -0.39 is 23.3 Å². The standard InChI is InChI=1S/C28H28ClF2N3O3/c29-20-9-7-19(8-10-20)28(33-25-12-23(30)24(31)13-26(25)34-28)22(17-4-2-1-3-5-17)16-37-15-21-11-6-18(14-32-21)27(35)36/h6-14,17,22,33-34H,1-5,15-16H2,(H,35,36). The summed E-state index contributed by atoms with van der Waals surface area (Å²) in [5, 5.41) is 16.7. The van der Waals surface area contributed by atoms with E-state index in [1.807, 2.05) is 12.1 Å². The number of nitrogens with zero attached hydrogens (tertiary/aromatic N) is 1. The average Bonchev–Trinajstić information content (AvgIpc) is 3.26. The van der Waals surface area contributed by atoms with Gasteiger partial charge >= 0.3 is 5.97 Å². The number of nitrogens with one attached hydrogen (secondary N) is 2. The fourth-order valence-corrected chi connectivity index (χ4v) is 5.67. The molecule has 3 N–H and O–H groups in total. The molecule has 5 rings (SSSR count). The number of carbonyl (C=O) groups is 1. The van der Waals surface area contributed by atoms with E-state index in [9.17, 15) is 13.6 Å². The van der Waals surface area contributed by atoms with Gasteiger partial charge in [-0.05, 0) is 48.6 Å². The predicted octanol–water partition coefficient (Wildman–Crippen LogP) is 6.82. The summed E-state index contributed by atoms with van der Waals surface area (Å²) >= 11 is 6.20. The van der Waals surface area contributed by atoms with Crippen molar-refractivity contribution in [3.63, 3.8) is 0 Å². The van der Waals surface area contributed by atoms with Gasteiger partial charge in [0, 0.05) is 29.3 Å². The van der Waals surface area contributed by atoms with Crippen LogP contribution in [0.2, 0.25) is 5.02 Å². The maximum absolute atomic E-state index is 14.2. The number of halogens is 3. The number of fused-ring (bicyclic) bond motifs is 1. The van der Waals surface area contributed by atoms with Crippen molar-refractivity contribution in [2.75, 3.05) is 17.2 Å². The van der Waals surface area contributed by atoms with E-state index in [4.69, 9.17) is 21.4 Å². The molecule has 1 aliphatic carbocycles. The zero-order valence-corrected chi connectivity index (χ0v) is 20.9. The van der Waals surface area contributed by atoms with Gasteiger partial charge < -0.3 is 20.5 Å². The molecule has 2 aromatic carbocycles. The lowest BCUT2D eigenvalue weighted by molar-refractivity contribution is 0.0295. The second-order valence-corrected chi connectivity index (χ2v) is 10.2. The molecule has 0 bridgehead atoms. The second kappa shape index (κ2) is 10.6. The number of ether oxygens (including phenoxy) is 1. The fraction of sp³-hybridized carbons (Fsp3) is 0.357. The Morgan fingerprint density at radius 3 is 2.27 bits per heavy atom. The van der Waals surface area contributed by atoms with Crippen LogP contribution in [0.4, 0.5) is 20.2 Å². The van der Waals surface area contributed by atoms with E-state index in [0.717, 1.165) is 31.2 Å². The predicted molar refractivity (Wildman–Crippen MR) is 138 cm³/mol. The number of carboxylic acid groups (broad SMARTS) is 1. The lowest BCUT2D eigenvalue weighted by Gasteiger charge is -2.44. The van der Waals surface area contributed by atoms with Crippen molar-refractivity contribution in [2.24, 2.45) is 11.8 Å². The van der Waals surface area contributed by atoms with Crippen LogP contribution >= 0.6 is 11.6 Å². The number of hydrogen-bond acceptors (Lipinski definition) is 5. The molecule has 1 saturated carbocycles. The molecule has 1 aliphatic heterocycles. The number of rotatable bonds is 8. The molecule has 9 heteroatoms. The molecule has 1 unspecified atom stereocenters. The molecule has 0 spiro atoms. The van der Waals surface area contributed by atoms with Crippen LogP contribution < -0.4 is 10.6 Å². The van der Waals surface area contributed by atoms with E-state index >= 15 is 0 Å². The highest BCUT2D eigenvalue weighted by atomic mass is 35.5. The molecule has 0 amide bonds. The molecule has 3 aromatic rings. The highest BCUT2D eigenvalue weighted by Crippen LogP contribution is 2.49. The number of anilines is 2. The highest BCUT2D eigenvalue weighted by molar-refractivity contribution is 6.30. The van der Waals surface area contributed by atoms with Crippen LogP contribution in [0.5, 0.6) is 0 Å². The second-order valence-electron chi connectivity index (χ2n) is 9.74.